The fraction of sp³-hybridized carbons (Fsp3) is 0.632. The maximum atomic E-state index is 13.4. The minimum absolute atomic E-state index is 0.0407. The van der Waals surface area contributed by atoms with Gasteiger partial charge in [0.25, 0.3) is 0 Å². The Hall–Kier alpha value is -1.36. The van der Waals surface area contributed by atoms with Gasteiger partial charge in [0.2, 0.25) is 10.0 Å². The van der Waals surface area contributed by atoms with Crippen LogP contribution in [0.15, 0.2) is 24.3 Å². The van der Waals surface area contributed by atoms with Crippen molar-refractivity contribution in [2.45, 2.75) is 52.5 Å². The number of fused-ring (bicyclic) bond motifs is 3. The molecule has 1 aromatic rings. The third kappa shape index (κ3) is 1.91. The highest BCUT2D eigenvalue weighted by molar-refractivity contribution is 7.92. The van der Waals surface area contributed by atoms with Gasteiger partial charge in [-0.15, -0.1) is 0 Å². The number of nitrogens with zero attached hydrogens (tertiary/aromatic N) is 1. The van der Waals surface area contributed by atoms with Crippen LogP contribution in [0.5, 0.6) is 0 Å². The Morgan fingerprint density at radius 3 is 2.54 bits per heavy atom. The standard InChI is InChI=1S/C19H25NO3S/c1-13-10-14-6-4-5-7-16(14)20(13)24(22,23)12-19-9-8-15(11-17(19)21)18(19,2)3/h4-7,13,15H,8-12H2,1-3H3/t13-,15-,19+/m0/s1. The molecule has 2 bridgehead atoms. The number of hydrogen-bond acceptors (Lipinski definition) is 3. The highest BCUT2D eigenvalue weighted by Gasteiger charge is 2.65. The molecule has 0 radical (unpaired) electrons. The van der Waals surface area contributed by atoms with Gasteiger partial charge in [-0.1, -0.05) is 32.0 Å². The molecule has 0 saturated heterocycles. The van der Waals surface area contributed by atoms with Crippen LogP contribution >= 0.6 is 0 Å². The van der Waals surface area contributed by atoms with Gasteiger partial charge in [0.15, 0.2) is 0 Å². The van der Waals surface area contributed by atoms with E-state index in [2.05, 4.69) is 13.8 Å². The van der Waals surface area contributed by atoms with Crippen molar-refractivity contribution in [3.05, 3.63) is 29.8 Å². The van der Waals surface area contributed by atoms with Crippen molar-refractivity contribution in [3.63, 3.8) is 0 Å². The summed E-state index contributed by atoms with van der Waals surface area (Å²) in [5, 5.41) is 0. The molecular weight excluding hydrogens is 322 g/mol. The quantitative estimate of drug-likeness (QED) is 0.844. The van der Waals surface area contributed by atoms with E-state index in [0.29, 0.717) is 18.8 Å². The van der Waals surface area contributed by atoms with Gasteiger partial charge < -0.3 is 0 Å². The summed E-state index contributed by atoms with van der Waals surface area (Å²) >= 11 is 0. The van der Waals surface area contributed by atoms with E-state index >= 15 is 0 Å². The molecular formula is C19H25NO3S. The Kier molecular flexibility index (Phi) is 3.25. The third-order valence-corrected chi connectivity index (χ3v) is 9.03. The number of sulfonamides is 1. The number of para-hydroxylation sites is 1. The SMILES string of the molecule is C[C@H]1Cc2ccccc2N1S(=O)(=O)C[C@]12CC[C@@H](CC1=O)C2(C)C. The lowest BCUT2D eigenvalue weighted by Crippen LogP contribution is -2.48. The molecule has 2 fully saturated rings. The lowest BCUT2D eigenvalue weighted by molar-refractivity contribution is -0.128. The van der Waals surface area contributed by atoms with E-state index in [0.717, 1.165) is 24.1 Å². The van der Waals surface area contributed by atoms with Crippen LogP contribution in [0.25, 0.3) is 0 Å². The zero-order chi connectivity index (χ0) is 17.3. The van der Waals surface area contributed by atoms with E-state index in [9.17, 15) is 13.2 Å². The van der Waals surface area contributed by atoms with Gasteiger partial charge in [0.1, 0.15) is 5.78 Å². The summed E-state index contributed by atoms with van der Waals surface area (Å²) in [5.74, 6) is 0.456. The lowest BCUT2D eigenvalue weighted by atomic mass is 9.70. The van der Waals surface area contributed by atoms with Gasteiger partial charge in [-0.3, -0.25) is 9.10 Å². The Morgan fingerprint density at radius 1 is 1.21 bits per heavy atom. The topological polar surface area (TPSA) is 54.5 Å². The highest BCUT2D eigenvalue weighted by Crippen LogP contribution is 2.64. The molecule has 2 saturated carbocycles. The van der Waals surface area contributed by atoms with Crippen LogP contribution in [0.2, 0.25) is 0 Å². The van der Waals surface area contributed by atoms with E-state index in [4.69, 9.17) is 0 Å². The first kappa shape index (κ1) is 16.1. The number of carbonyl (C=O) groups is 1. The summed E-state index contributed by atoms with van der Waals surface area (Å²) in [6.07, 6.45) is 2.98. The van der Waals surface area contributed by atoms with Crippen molar-refractivity contribution in [2.75, 3.05) is 10.1 Å². The Morgan fingerprint density at radius 2 is 1.92 bits per heavy atom. The predicted molar refractivity (Wildman–Crippen MR) is 94.4 cm³/mol. The molecule has 130 valence electrons. The maximum absolute atomic E-state index is 13.4. The van der Waals surface area contributed by atoms with Gasteiger partial charge in [-0.05, 0) is 49.1 Å². The number of Topliss-reactive ketones (excluding diaryl/α,β-unsaturated/α-hetero) is 1. The Bertz CT molecular complexity index is 814. The van der Waals surface area contributed by atoms with Crippen LogP contribution in [0.1, 0.15) is 45.6 Å². The summed E-state index contributed by atoms with van der Waals surface area (Å²) in [7, 11) is -3.54. The van der Waals surface area contributed by atoms with Crippen molar-refractivity contribution in [1.29, 1.82) is 0 Å². The van der Waals surface area contributed by atoms with E-state index in [1.54, 1.807) is 4.31 Å². The van der Waals surface area contributed by atoms with Crippen molar-refractivity contribution in [2.24, 2.45) is 16.7 Å². The molecule has 1 aromatic carbocycles. The third-order valence-electron chi connectivity index (χ3n) is 7.01. The zero-order valence-electron chi connectivity index (χ0n) is 14.6. The number of benzene rings is 1. The van der Waals surface area contributed by atoms with Crippen molar-refractivity contribution < 1.29 is 13.2 Å². The molecule has 0 spiro atoms. The largest absolute Gasteiger partial charge is 0.299 e. The number of carbonyl (C=O) groups excluding carboxylic acids is 1. The van der Waals surface area contributed by atoms with Crippen molar-refractivity contribution in [3.8, 4) is 0 Å². The molecule has 0 aromatic heterocycles. The lowest BCUT2D eigenvalue weighted by Gasteiger charge is -2.38. The summed E-state index contributed by atoms with van der Waals surface area (Å²) in [6.45, 7) is 6.13. The molecule has 1 aliphatic heterocycles. The minimum atomic E-state index is -3.54. The predicted octanol–water partition coefficient (Wildman–Crippen LogP) is 3.16. The van der Waals surface area contributed by atoms with E-state index in [1.807, 2.05) is 31.2 Å². The molecule has 24 heavy (non-hydrogen) atoms. The second-order valence-electron chi connectivity index (χ2n) is 8.40. The first-order chi connectivity index (χ1) is 11.2. The Balaban J connectivity index is 1.74. The van der Waals surface area contributed by atoms with Crippen LogP contribution in [0, 0.1) is 16.7 Å². The maximum Gasteiger partial charge on any atom is 0.236 e. The molecule has 0 amide bonds. The summed E-state index contributed by atoms with van der Waals surface area (Å²) in [4.78, 5) is 12.7. The van der Waals surface area contributed by atoms with E-state index in [-0.39, 0.29) is 23.0 Å². The average Bonchev–Trinajstić information content (AvgIpc) is 3.01. The first-order valence-corrected chi connectivity index (χ1v) is 10.4. The smallest absolute Gasteiger partial charge is 0.236 e. The van der Waals surface area contributed by atoms with Gasteiger partial charge in [0.05, 0.1) is 16.9 Å². The molecule has 4 rings (SSSR count). The van der Waals surface area contributed by atoms with Crippen LogP contribution in [-0.2, 0) is 21.2 Å². The molecule has 1 heterocycles. The summed E-state index contributed by atoms with van der Waals surface area (Å²) in [5.41, 5.74) is 0.944. The minimum Gasteiger partial charge on any atom is -0.299 e. The zero-order valence-corrected chi connectivity index (χ0v) is 15.4. The summed E-state index contributed by atoms with van der Waals surface area (Å²) in [6, 6.07) is 7.63. The van der Waals surface area contributed by atoms with Gasteiger partial charge in [-0.25, -0.2) is 8.42 Å². The second kappa shape index (κ2) is 4.84. The fourth-order valence-electron chi connectivity index (χ4n) is 5.45. The monoisotopic (exact) mass is 347 g/mol. The van der Waals surface area contributed by atoms with Gasteiger partial charge in [0, 0.05) is 12.5 Å². The van der Waals surface area contributed by atoms with Crippen molar-refractivity contribution in [1.82, 2.24) is 0 Å². The summed E-state index contributed by atoms with van der Waals surface area (Å²) < 4.78 is 28.3. The fourth-order valence-corrected chi connectivity index (χ4v) is 7.99. The number of rotatable bonds is 3. The van der Waals surface area contributed by atoms with Gasteiger partial charge in [-0.2, -0.15) is 0 Å². The normalized spacial score (nSPS) is 34.0. The Labute approximate surface area is 144 Å². The second-order valence-corrected chi connectivity index (χ2v) is 10.2. The molecule has 2 aliphatic carbocycles. The molecule has 3 aliphatic rings. The molecule has 0 unspecified atom stereocenters. The molecule has 3 atom stereocenters. The van der Waals surface area contributed by atoms with Crippen LogP contribution in [0.4, 0.5) is 5.69 Å². The highest BCUT2D eigenvalue weighted by atomic mass is 32.2. The van der Waals surface area contributed by atoms with Crippen LogP contribution in [0.3, 0.4) is 0 Å². The molecule has 4 nitrogen and oxygen atoms in total. The van der Waals surface area contributed by atoms with Crippen LogP contribution < -0.4 is 4.31 Å². The average molecular weight is 347 g/mol. The number of anilines is 1. The number of hydrogen-bond donors (Lipinski definition) is 0. The van der Waals surface area contributed by atoms with Crippen LogP contribution in [-0.4, -0.2) is 26.0 Å². The van der Waals surface area contributed by atoms with E-state index < -0.39 is 15.4 Å². The van der Waals surface area contributed by atoms with E-state index in [1.165, 1.54) is 0 Å². The van der Waals surface area contributed by atoms with Gasteiger partial charge >= 0.3 is 0 Å². The first-order valence-electron chi connectivity index (χ1n) is 8.82. The molecule has 5 heteroatoms. The van der Waals surface area contributed by atoms with Crippen molar-refractivity contribution >= 4 is 21.5 Å². The molecule has 0 N–H and O–H groups in total. The number of ketones is 1.